The molecule has 1 nitrogen and oxygen atoms in total. The van der Waals surface area contributed by atoms with Crippen molar-refractivity contribution < 1.29 is 0 Å². The number of rotatable bonds is 4. The summed E-state index contributed by atoms with van der Waals surface area (Å²) in [7, 11) is 0. The van der Waals surface area contributed by atoms with Crippen molar-refractivity contribution in [3.05, 3.63) is 60.3 Å². The van der Waals surface area contributed by atoms with Gasteiger partial charge in [0.15, 0.2) is 0 Å². The van der Waals surface area contributed by atoms with Crippen LogP contribution in [0.5, 0.6) is 0 Å². The average molecular weight is 199 g/mol. The molecule has 0 atom stereocenters. The van der Waals surface area contributed by atoms with E-state index in [4.69, 9.17) is 0 Å². The van der Waals surface area contributed by atoms with Gasteiger partial charge in [-0.2, -0.15) is 0 Å². The molecule has 0 aliphatic heterocycles. The van der Waals surface area contributed by atoms with Gasteiger partial charge in [-0.3, -0.25) is 4.99 Å². The SMILES string of the molecule is C=C/C=C\N=C(C)c1cccc(CC)c1. The van der Waals surface area contributed by atoms with Crippen molar-refractivity contribution in [2.75, 3.05) is 0 Å². The lowest BCUT2D eigenvalue weighted by atomic mass is 10.1. The van der Waals surface area contributed by atoms with E-state index in [2.05, 4.69) is 42.8 Å². The van der Waals surface area contributed by atoms with Gasteiger partial charge in [-0.25, -0.2) is 0 Å². The van der Waals surface area contributed by atoms with Crippen molar-refractivity contribution >= 4 is 5.71 Å². The third kappa shape index (κ3) is 3.55. The number of allylic oxidation sites excluding steroid dienone is 2. The van der Waals surface area contributed by atoms with E-state index in [0.29, 0.717) is 0 Å². The minimum absolute atomic E-state index is 1.03. The van der Waals surface area contributed by atoms with Gasteiger partial charge in [-0.05, 0) is 36.6 Å². The lowest BCUT2D eigenvalue weighted by Crippen LogP contribution is -1.94. The molecule has 0 saturated carbocycles. The first-order chi connectivity index (χ1) is 7.27. The molecule has 0 aliphatic carbocycles. The van der Waals surface area contributed by atoms with E-state index >= 15 is 0 Å². The average Bonchev–Trinajstić information content (AvgIpc) is 2.29. The molecule has 0 N–H and O–H groups in total. The summed E-state index contributed by atoms with van der Waals surface area (Å²) in [6.07, 6.45) is 6.37. The maximum absolute atomic E-state index is 4.32. The summed E-state index contributed by atoms with van der Waals surface area (Å²) in [6.45, 7) is 7.77. The fourth-order valence-corrected chi connectivity index (χ4v) is 1.31. The van der Waals surface area contributed by atoms with E-state index in [-0.39, 0.29) is 0 Å². The van der Waals surface area contributed by atoms with E-state index in [1.54, 1.807) is 12.3 Å². The van der Waals surface area contributed by atoms with Crippen LogP contribution in [0.25, 0.3) is 0 Å². The largest absolute Gasteiger partial charge is 0.261 e. The van der Waals surface area contributed by atoms with Crippen LogP contribution >= 0.6 is 0 Å². The summed E-state index contributed by atoms with van der Waals surface area (Å²) in [5.41, 5.74) is 3.56. The van der Waals surface area contributed by atoms with E-state index in [1.165, 1.54) is 11.1 Å². The minimum atomic E-state index is 1.03. The highest BCUT2D eigenvalue weighted by Gasteiger charge is 1.96. The van der Waals surface area contributed by atoms with Crippen molar-refractivity contribution in [3.8, 4) is 0 Å². The predicted octanol–water partition coefficient (Wildman–Crippen LogP) is 3.76. The molecule has 1 rings (SSSR count). The van der Waals surface area contributed by atoms with Crippen molar-refractivity contribution in [3.63, 3.8) is 0 Å². The molecule has 78 valence electrons. The van der Waals surface area contributed by atoms with Crippen LogP contribution in [0.3, 0.4) is 0 Å². The molecule has 0 saturated heterocycles. The minimum Gasteiger partial charge on any atom is -0.261 e. The number of aliphatic imine (C=N–C) groups is 1. The van der Waals surface area contributed by atoms with Gasteiger partial charge in [0.1, 0.15) is 0 Å². The summed E-state index contributed by atoms with van der Waals surface area (Å²) >= 11 is 0. The fourth-order valence-electron chi connectivity index (χ4n) is 1.31. The second kappa shape index (κ2) is 5.97. The van der Waals surface area contributed by atoms with Crippen LogP contribution in [0.1, 0.15) is 25.0 Å². The zero-order valence-corrected chi connectivity index (χ0v) is 9.40. The lowest BCUT2D eigenvalue weighted by molar-refractivity contribution is 1.14. The van der Waals surface area contributed by atoms with Crippen LogP contribution in [-0.2, 0) is 6.42 Å². The Bertz CT molecular complexity index is 386. The van der Waals surface area contributed by atoms with Crippen LogP contribution in [0.2, 0.25) is 0 Å². The first-order valence-electron chi connectivity index (χ1n) is 5.19. The Morgan fingerprint density at radius 1 is 1.47 bits per heavy atom. The molecule has 0 fully saturated rings. The number of hydrogen-bond donors (Lipinski definition) is 0. The molecular weight excluding hydrogens is 182 g/mol. The van der Waals surface area contributed by atoms with Gasteiger partial charge in [0.25, 0.3) is 0 Å². The molecule has 0 unspecified atom stereocenters. The maximum Gasteiger partial charge on any atom is 0.0444 e. The predicted molar refractivity (Wildman–Crippen MR) is 67.4 cm³/mol. The molecule has 0 bridgehead atoms. The zero-order chi connectivity index (χ0) is 11.1. The Labute approximate surface area is 91.9 Å². The van der Waals surface area contributed by atoms with Crippen LogP contribution in [0, 0.1) is 0 Å². The van der Waals surface area contributed by atoms with Gasteiger partial charge >= 0.3 is 0 Å². The number of hydrogen-bond acceptors (Lipinski definition) is 1. The van der Waals surface area contributed by atoms with Gasteiger partial charge < -0.3 is 0 Å². The second-order valence-corrected chi connectivity index (χ2v) is 3.35. The standard InChI is InChI=1S/C14H17N/c1-4-6-10-15-12(3)14-9-7-8-13(5-2)11-14/h4,6-11H,1,5H2,2-3H3/b10-6-,15-12?. The molecule has 0 amide bonds. The molecular formula is C14H17N. The monoisotopic (exact) mass is 199 g/mol. The van der Waals surface area contributed by atoms with Crippen LogP contribution in [0.15, 0.2) is 54.2 Å². The summed E-state index contributed by atoms with van der Waals surface area (Å²) < 4.78 is 0. The molecule has 1 heteroatoms. The maximum atomic E-state index is 4.32. The Hall–Kier alpha value is -1.63. The Morgan fingerprint density at radius 3 is 2.93 bits per heavy atom. The van der Waals surface area contributed by atoms with E-state index in [9.17, 15) is 0 Å². The van der Waals surface area contributed by atoms with Crippen LogP contribution in [0.4, 0.5) is 0 Å². The summed E-state index contributed by atoms with van der Waals surface area (Å²) in [5.74, 6) is 0. The molecule has 1 aromatic rings. The fraction of sp³-hybridized carbons (Fsp3) is 0.214. The van der Waals surface area contributed by atoms with Crippen molar-refractivity contribution in [1.82, 2.24) is 0 Å². The Balaban J connectivity index is 2.90. The van der Waals surface area contributed by atoms with Gasteiger partial charge in [-0.1, -0.05) is 37.8 Å². The highest BCUT2D eigenvalue weighted by atomic mass is 14.7. The van der Waals surface area contributed by atoms with Crippen molar-refractivity contribution in [1.29, 1.82) is 0 Å². The number of aryl methyl sites for hydroxylation is 1. The highest BCUT2D eigenvalue weighted by molar-refractivity contribution is 5.99. The zero-order valence-electron chi connectivity index (χ0n) is 9.40. The summed E-state index contributed by atoms with van der Waals surface area (Å²) in [4.78, 5) is 4.32. The molecule has 1 aromatic carbocycles. The molecule has 0 aliphatic rings. The van der Waals surface area contributed by atoms with Gasteiger partial charge in [0, 0.05) is 11.9 Å². The van der Waals surface area contributed by atoms with Gasteiger partial charge in [0.05, 0.1) is 0 Å². The second-order valence-electron chi connectivity index (χ2n) is 3.35. The van der Waals surface area contributed by atoms with Crippen LogP contribution in [-0.4, -0.2) is 5.71 Å². The highest BCUT2D eigenvalue weighted by Crippen LogP contribution is 2.07. The summed E-state index contributed by atoms with van der Waals surface area (Å²) in [6, 6.07) is 8.47. The van der Waals surface area contributed by atoms with Gasteiger partial charge in [0.2, 0.25) is 0 Å². The summed E-state index contributed by atoms with van der Waals surface area (Å²) in [5, 5.41) is 0. The lowest BCUT2D eigenvalue weighted by Gasteiger charge is -2.01. The van der Waals surface area contributed by atoms with Gasteiger partial charge in [-0.15, -0.1) is 0 Å². The topological polar surface area (TPSA) is 12.4 Å². The molecule has 15 heavy (non-hydrogen) atoms. The number of nitrogens with zero attached hydrogens (tertiary/aromatic N) is 1. The Morgan fingerprint density at radius 2 is 2.27 bits per heavy atom. The quantitative estimate of drug-likeness (QED) is 0.517. The molecule has 0 aromatic heterocycles. The van der Waals surface area contributed by atoms with E-state index < -0.39 is 0 Å². The molecule has 0 spiro atoms. The first-order valence-corrected chi connectivity index (χ1v) is 5.19. The first kappa shape index (κ1) is 11.4. The number of benzene rings is 1. The molecule has 0 radical (unpaired) electrons. The van der Waals surface area contributed by atoms with Crippen LogP contribution < -0.4 is 0 Å². The third-order valence-corrected chi connectivity index (χ3v) is 2.24. The molecule has 0 heterocycles. The van der Waals surface area contributed by atoms with Crippen molar-refractivity contribution in [2.45, 2.75) is 20.3 Å². The van der Waals surface area contributed by atoms with E-state index in [0.717, 1.165) is 12.1 Å². The Kier molecular flexibility index (Phi) is 4.55. The van der Waals surface area contributed by atoms with E-state index in [1.807, 2.05) is 13.0 Å². The van der Waals surface area contributed by atoms with Crippen molar-refractivity contribution in [2.24, 2.45) is 4.99 Å². The normalized spacial score (nSPS) is 12.0. The smallest absolute Gasteiger partial charge is 0.0444 e. The third-order valence-electron chi connectivity index (χ3n) is 2.24.